The van der Waals surface area contributed by atoms with Crippen molar-refractivity contribution in [2.45, 2.75) is 0 Å². The third-order valence-corrected chi connectivity index (χ3v) is 6.22. The molecule has 0 fully saturated rings. The minimum Gasteiger partial charge on any atom is -0.872 e. The second-order valence-electron chi connectivity index (χ2n) is 8.68. The van der Waals surface area contributed by atoms with E-state index in [4.69, 9.17) is 15.0 Å². The van der Waals surface area contributed by atoms with Gasteiger partial charge in [0.05, 0.1) is 22.8 Å². The zero-order valence-electron chi connectivity index (χ0n) is 21.0. The molecular weight excluding hydrogens is 540 g/mol. The molecule has 6 rings (SSSR count). The van der Waals surface area contributed by atoms with E-state index in [1.807, 2.05) is 91.0 Å². The van der Waals surface area contributed by atoms with Gasteiger partial charge in [-0.15, -0.1) is 0 Å². The number of benzene rings is 4. The molecule has 0 N–H and O–H groups in total. The number of pyridine rings is 1. The van der Waals surface area contributed by atoms with Crippen molar-refractivity contribution in [3.05, 3.63) is 133 Å². The second-order valence-corrected chi connectivity index (χ2v) is 8.68. The normalized spacial score (nSPS) is 10.5. The monoisotopic (exact) mass is 561 g/mol. The Morgan fingerprint density at radius 2 is 0.895 bits per heavy atom. The van der Waals surface area contributed by atoms with Crippen LogP contribution in [-0.2, 0) is 0 Å². The van der Waals surface area contributed by atoms with Crippen LogP contribution in [-0.4, -0.2) is 15.0 Å². The fourth-order valence-electron chi connectivity index (χ4n) is 4.30. The van der Waals surface area contributed by atoms with Crippen LogP contribution in [0.3, 0.4) is 0 Å². The minimum absolute atomic E-state index is 0. The van der Waals surface area contributed by atoms with Crippen LogP contribution in [0.4, 0.5) is 0 Å². The summed E-state index contributed by atoms with van der Waals surface area (Å²) in [6.45, 7) is 0. The van der Waals surface area contributed by atoms with E-state index in [9.17, 15) is 5.11 Å². The molecule has 0 saturated carbocycles. The summed E-state index contributed by atoms with van der Waals surface area (Å²) < 4.78 is 0. The van der Waals surface area contributed by atoms with Gasteiger partial charge in [0.15, 0.2) is 5.82 Å². The van der Waals surface area contributed by atoms with Crippen LogP contribution < -0.4 is 63.3 Å². The summed E-state index contributed by atoms with van der Waals surface area (Å²) in [5.74, 6) is 0.626. The molecule has 0 bridgehead atoms. The van der Waals surface area contributed by atoms with Crippen LogP contribution in [0.2, 0.25) is 0 Å². The van der Waals surface area contributed by atoms with Crippen LogP contribution >= 0.6 is 0 Å². The first-order valence-electron chi connectivity index (χ1n) is 12.1. The van der Waals surface area contributed by atoms with Crippen LogP contribution in [0.5, 0.6) is 5.75 Å². The van der Waals surface area contributed by atoms with Gasteiger partial charge < -0.3 is 5.11 Å². The predicted octanol–water partition coefficient (Wildman–Crippen LogP) is 4.28. The molecule has 0 unspecified atom stereocenters. The Balaban J connectivity index is 0.00000294. The molecule has 2 heterocycles. The molecule has 6 aromatic rings. The number of nitrogens with zero attached hydrogens (tertiary/aromatic N) is 3. The Hall–Kier alpha value is -3.28. The van der Waals surface area contributed by atoms with E-state index in [1.54, 1.807) is 18.2 Å². The molecule has 5 heteroatoms. The molecule has 2 aromatic heterocycles. The van der Waals surface area contributed by atoms with Crippen molar-refractivity contribution in [1.29, 1.82) is 0 Å². The standard InChI is InChI=1S/C33H23N3O.Rb/c37-32-17-8-7-14-27(32)29-16-9-15-28(34-29)25-18-20-26(21-19-25)33-35-30(23-10-3-1-4-11-23)22-31(36-33)24-12-5-2-6-13-24;/h1-22,37H;/q;+1/p-1. The maximum Gasteiger partial charge on any atom is 1.00 e. The smallest absolute Gasteiger partial charge is 0.872 e. The van der Waals surface area contributed by atoms with Crippen LogP contribution in [0.1, 0.15) is 0 Å². The maximum atomic E-state index is 12.3. The second kappa shape index (κ2) is 12.1. The van der Waals surface area contributed by atoms with Crippen molar-refractivity contribution in [1.82, 2.24) is 15.0 Å². The van der Waals surface area contributed by atoms with Crippen LogP contribution in [0, 0.1) is 0 Å². The van der Waals surface area contributed by atoms with Crippen LogP contribution in [0.15, 0.2) is 133 Å². The summed E-state index contributed by atoms with van der Waals surface area (Å²) >= 11 is 0. The molecule has 176 valence electrons. The molecule has 0 radical (unpaired) electrons. The molecule has 0 aliphatic rings. The average molecular weight is 562 g/mol. The van der Waals surface area contributed by atoms with Gasteiger partial charge in [-0.25, -0.2) is 15.0 Å². The third kappa shape index (κ3) is 5.74. The molecule has 0 aliphatic heterocycles. The van der Waals surface area contributed by atoms with Crippen molar-refractivity contribution in [2.24, 2.45) is 0 Å². The van der Waals surface area contributed by atoms with Gasteiger partial charge in [-0.3, -0.25) is 0 Å². The summed E-state index contributed by atoms with van der Waals surface area (Å²) in [6.07, 6.45) is 0. The quantitative estimate of drug-likeness (QED) is 0.315. The molecule has 38 heavy (non-hydrogen) atoms. The summed E-state index contributed by atoms with van der Waals surface area (Å²) in [5.41, 5.74) is 7.77. The van der Waals surface area contributed by atoms with Gasteiger partial charge in [-0.1, -0.05) is 121 Å². The Labute approximate surface area is 270 Å². The molecule has 4 nitrogen and oxygen atoms in total. The van der Waals surface area contributed by atoms with Crippen molar-refractivity contribution in [3.63, 3.8) is 0 Å². The summed E-state index contributed by atoms with van der Waals surface area (Å²) in [5, 5.41) is 12.3. The topological polar surface area (TPSA) is 61.7 Å². The molecule has 4 aromatic carbocycles. The first-order chi connectivity index (χ1) is 18.2. The number of hydrogen-bond donors (Lipinski definition) is 0. The summed E-state index contributed by atoms with van der Waals surface area (Å²) in [4.78, 5) is 14.6. The van der Waals surface area contributed by atoms with Gasteiger partial charge in [0.1, 0.15) is 0 Å². The Morgan fingerprint density at radius 3 is 1.50 bits per heavy atom. The van der Waals surface area contributed by atoms with Gasteiger partial charge in [-0.05, 0) is 23.8 Å². The zero-order chi connectivity index (χ0) is 25.0. The molecule has 0 saturated heterocycles. The number of aromatic nitrogens is 3. The number of hydrogen-bond acceptors (Lipinski definition) is 4. The fourth-order valence-corrected chi connectivity index (χ4v) is 4.30. The molecule has 0 aliphatic carbocycles. The molecule has 0 spiro atoms. The maximum absolute atomic E-state index is 12.3. The van der Waals surface area contributed by atoms with Gasteiger partial charge in [0, 0.05) is 22.3 Å². The van der Waals surface area contributed by atoms with Gasteiger partial charge >= 0.3 is 58.2 Å². The van der Waals surface area contributed by atoms with Crippen molar-refractivity contribution in [2.75, 3.05) is 0 Å². The third-order valence-electron chi connectivity index (χ3n) is 6.22. The average Bonchev–Trinajstić information content (AvgIpc) is 2.98. The molecule has 0 atom stereocenters. The van der Waals surface area contributed by atoms with Crippen LogP contribution in [0.25, 0.3) is 56.4 Å². The van der Waals surface area contributed by atoms with E-state index in [0.717, 1.165) is 39.3 Å². The van der Waals surface area contributed by atoms with E-state index in [-0.39, 0.29) is 63.9 Å². The Kier molecular flexibility index (Phi) is 8.35. The predicted molar refractivity (Wildman–Crippen MR) is 146 cm³/mol. The van der Waals surface area contributed by atoms with Crippen molar-refractivity contribution < 1.29 is 63.3 Å². The van der Waals surface area contributed by atoms with Crippen molar-refractivity contribution in [3.8, 4) is 62.2 Å². The summed E-state index contributed by atoms with van der Waals surface area (Å²) in [7, 11) is 0. The van der Waals surface area contributed by atoms with E-state index in [1.165, 1.54) is 0 Å². The minimum atomic E-state index is -0.0350. The van der Waals surface area contributed by atoms with E-state index in [0.29, 0.717) is 17.1 Å². The number of rotatable bonds is 5. The summed E-state index contributed by atoms with van der Waals surface area (Å²) in [6, 6.07) is 43.1. The van der Waals surface area contributed by atoms with Crippen molar-refractivity contribution >= 4 is 0 Å². The van der Waals surface area contributed by atoms with E-state index < -0.39 is 0 Å². The van der Waals surface area contributed by atoms with Gasteiger partial charge in [0.25, 0.3) is 0 Å². The number of para-hydroxylation sites is 1. The van der Waals surface area contributed by atoms with Gasteiger partial charge in [0.2, 0.25) is 0 Å². The Morgan fingerprint density at radius 1 is 0.395 bits per heavy atom. The SMILES string of the molecule is [O-]c1ccccc1-c1cccc(-c2ccc(-c3nc(-c4ccccc4)cc(-c4ccccc4)n3)cc2)n1.[Rb+]. The Bertz CT molecular complexity index is 1610. The fraction of sp³-hybridized carbons (Fsp3) is 0. The largest absolute Gasteiger partial charge is 1.00 e. The first-order valence-corrected chi connectivity index (χ1v) is 12.1. The van der Waals surface area contributed by atoms with E-state index in [2.05, 4.69) is 24.3 Å². The van der Waals surface area contributed by atoms with Gasteiger partial charge in [-0.2, -0.15) is 0 Å². The first kappa shape index (κ1) is 26.3. The zero-order valence-corrected chi connectivity index (χ0v) is 25.9. The molecule has 0 amide bonds. The molecular formula is C33H22N3ORb. The van der Waals surface area contributed by atoms with E-state index >= 15 is 0 Å².